The van der Waals surface area contributed by atoms with Crippen LogP contribution in [0.1, 0.15) is 6.04 Å². The first kappa shape index (κ1) is 8.61. The van der Waals surface area contributed by atoms with Gasteiger partial charge in [-0.25, -0.2) is 4.98 Å². The third-order valence-electron chi connectivity index (χ3n) is 2.84. The molecule has 0 saturated carbocycles. The van der Waals surface area contributed by atoms with Crippen LogP contribution in [0, 0.1) is 0 Å². The molecule has 0 aliphatic carbocycles. The second-order valence-electron chi connectivity index (χ2n) is 3.79. The average Bonchev–Trinajstić information content (AvgIpc) is 2.20. The number of para-hydroxylation sites is 1. The predicted molar refractivity (Wildman–Crippen MR) is 57.9 cm³/mol. The third kappa shape index (κ3) is 1.26. The Hall–Kier alpha value is -1.68. The van der Waals surface area contributed by atoms with Crippen molar-refractivity contribution in [2.45, 2.75) is 6.04 Å². The number of fused-ring (bicyclic) bond motifs is 1. The van der Waals surface area contributed by atoms with Gasteiger partial charge in [0.1, 0.15) is 0 Å². The SMILES string of the molecule is O=c1c2ccccc2ncn1C1CNC1. The van der Waals surface area contributed by atoms with Gasteiger partial charge in [-0.2, -0.15) is 0 Å². The molecular formula is C11H11N3O. The predicted octanol–water partition coefficient (Wildman–Crippen LogP) is 0.541. The number of nitrogens with zero attached hydrogens (tertiary/aromatic N) is 2. The topological polar surface area (TPSA) is 46.9 Å². The molecule has 1 saturated heterocycles. The highest BCUT2D eigenvalue weighted by Gasteiger charge is 2.20. The molecule has 1 aliphatic rings. The number of nitrogens with one attached hydrogen (secondary N) is 1. The second-order valence-corrected chi connectivity index (χ2v) is 3.79. The lowest BCUT2D eigenvalue weighted by atomic mass is 10.1. The number of aromatic nitrogens is 2. The van der Waals surface area contributed by atoms with E-state index >= 15 is 0 Å². The lowest BCUT2D eigenvalue weighted by molar-refractivity contribution is 0.334. The van der Waals surface area contributed by atoms with Crippen molar-refractivity contribution in [1.82, 2.24) is 14.9 Å². The Kier molecular flexibility index (Phi) is 1.82. The fourth-order valence-electron chi connectivity index (χ4n) is 1.81. The van der Waals surface area contributed by atoms with E-state index in [-0.39, 0.29) is 11.6 Å². The van der Waals surface area contributed by atoms with Gasteiger partial charge in [-0.15, -0.1) is 0 Å². The van der Waals surface area contributed by atoms with Crippen LogP contribution in [0.25, 0.3) is 10.9 Å². The van der Waals surface area contributed by atoms with Crippen LogP contribution in [0.2, 0.25) is 0 Å². The fraction of sp³-hybridized carbons (Fsp3) is 0.273. The van der Waals surface area contributed by atoms with E-state index in [0.29, 0.717) is 5.39 Å². The summed E-state index contributed by atoms with van der Waals surface area (Å²) in [5.74, 6) is 0. The van der Waals surface area contributed by atoms with Gasteiger partial charge in [-0.3, -0.25) is 9.36 Å². The van der Waals surface area contributed by atoms with E-state index < -0.39 is 0 Å². The monoisotopic (exact) mass is 201 g/mol. The molecule has 0 spiro atoms. The maximum atomic E-state index is 12.1. The second kappa shape index (κ2) is 3.17. The molecule has 0 amide bonds. The zero-order valence-corrected chi connectivity index (χ0v) is 8.18. The average molecular weight is 201 g/mol. The van der Waals surface area contributed by atoms with Gasteiger partial charge in [0.25, 0.3) is 5.56 Å². The van der Waals surface area contributed by atoms with Gasteiger partial charge in [0.2, 0.25) is 0 Å². The van der Waals surface area contributed by atoms with Gasteiger partial charge >= 0.3 is 0 Å². The summed E-state index contributed by atoms with van der Waals surface area (Å²) in [7, 11) is 0. The summed E-state index contributed by atoms with van der Waals surface area (Å²) < 4.78 is 1.72. The minimum Gasteiger partial charge on any atom is -0.313 e. The van der Waals surface area contributed by atoms with Crippen LogP contribution in [0.5, 0.6) is 0 Å². The molecular weight excluding hydrogens is 190 g/mol. The summed E-state index contributed by atoms with van der Waals surface area (Å²) in [6.07, 6.45) is 1.65. The molecule has 1 aromatic heterocycles. The summed E-state index contributed by atoms with van der Waals surface area (Å²) in [5, 5.41) is 3.85. The van der Waals surface area contributed by atoms with Gasteiger partial charge in [0, 0.05) is 13.1 Å². The first-order valence-electron chi connectivity index (χ1n) is 5.03. The molecule has 76 valence electrons. The highest BCUT2D eigenvalue weighted by atomic mass is 16.1. The minimum atomic E-state index is 0.0621. The lowest BCUT2D eigenvalue weighted by Gasteiger charge is -2.28. The highest BCUT2D eigenvalue weighted by Crippen LogP contribution is 2.11. The Morgan fingerprint density at radius 3 is 2.87 bits per heavy atom. The zero-order valence-electron chi connectivity index (χ0n) is 8.18. The van der Waals surface area contributed by atoms with Crippen molar-refractivity contribution in [2.24, 2.45) is 0 Å². The normalized spacial score (nSPS) is 16.5. The van der Waals surface area contributed by atoms with Crippen molar-refractivity contribution in [1.29, 1.82) is 0 Å². The quantitative estimate of drug-likeness (QED) is 0.732. The van der Waals surface area contributed by atoms with E-state index in [0.717, 1.165) is 18.6 Å². The van der Waals surface area contributed by atoms with E-state index in [4.69, 9.17) is 0 Å². The molecule has 0 bridgehead atoms. The zero-order chi connectivity index (χ0) is 10.3. The summed E-state index contributed by atoms with van der Waals surface area (Å²) in [6.45, 7) is 1.72. The van der Waals surface area contributed by atoms with Crippen LogP contribution in [0.4, 0.5) is 0 Å². The molecule has 1 aliphatic heterocycles. The molecule has 4 heteroatoms. The number of rotatable bonds is 1. The van der Waals surface area contributed by atoms with E-state index in [1.165, 1.54) is 0 Å². The number of hydrogen-bond donors (Lipinski definition) is 1. The summed E-state index contributed by atoms with van der Waals surface area (Å²) in [6, 6.07) is 7.72. The fourth-order valence-corrected chi connectivity index (χ4v) is 1.81. The number of hydrogen-bond acceptors (Lipinski definition) is 3. The first-order valence-corrected chi connectivity index (χ1v) is 5.03. The van der Waals surface area contributed by atoms with E-state index in [9.17, 15) is 4.79 Å². The molecule has 1 aromatic carbocycles. The summed E-state index contributed by atoms with van der Waals surface area (Å²) >= 11 is 0. The maximum absolute atomic E-state index is 12.1. The van der Waals surface area contributed by atoms with E-state index in [1.807, 2.05) is 24.3 Å². The van der Waals surface area contributed by atoms with Crippen molar-refractivity contribution in [3.05, 3.63) is 40.9 Å². The Morgan fingerprint density at radius 2 is 2.13 bits per heavy atom. The molecule has 4 nitrogen and oxygen atoms in total. The van der Waals surface area contributed by atoms with Crippen LogP contribution in [0.3, 0.4) is 0 Å². The van der Waals surface area contributed by atoms with Crippen LogP contribution in [0.15, 0.2) is 35.4 Å². The van der Waals surface area contributed by atoms with Crippen LogP contribution >= 0.6 is 0 Å². The van der Waals surface area contributed by atoms with Gasteiger partial charge in [0.15, 0.2) is 0 Å². The highest BCUT2D eigenvalue weighted by molar-refractivity contribution is 5.76. The molecule has 0 radical (unpaired) electrons. The molecule has 0 unspecified atom stereocenters. The Balaban J connectivity index is 2.25. The first-order chi connectivity index (χ1) is 7.36. The van der Waals surface area contributed by atoms with Crippen LogP contribution < -0.4 is 10.9 Å². The van der Waals surface area contributed by atoms with Crippen molar-refractivity contribution >= 4 is 10.9 Å². The van der Waals surface area contributed by atoms with Crippen molar-refractivity contribution in [2.75, 3.05) is 13.1 Å². The molecule has 3 rings (SSSR count). The maximum Gasteiger partial charge on any atom is 0.261 e. The van der Waals surface area contributed by atoms with Crippen molar-refractivity contribution < 1.29 is 0 Å². The summed E-state index contributed by atoms with van der Waals surface area (Å²) in [4.78, 5) is 16.3. The van der Waals surface area contributed by atoms with Gasteiger partial charge in [-0.1, -0.05) is 12.1 Å². The Bertz CT molecular complexity index is 557. The Morgan fingerprint density at radius 1 is 1.33 bits per heavy atom. The van der Waals surface area contributed by atoms with Gasteiger partial charge in [-0.05, 0) is 12.1 Å². The molecule has 15 heavy (non-hydrogen) atoms. The lowest BCUT2D eigenvalue weighted by Crippen LogP contribution is -2.46. The smallest absolute Gasteiger partial charge is 0.261 e. The minimum absolute atomic E-state index is 0.0621. The van der Waals surface area contributed by atoms with Gasteiger partial charge < -0.3 is 5.32 Å². The molecule has 1 N–H and O–H groups in total. The number of benzene rings is 1. The molecule has 2 aromatic rings. The van der Waals surface area contributed by atoms with E-state index in [1.54, 1.807) is 10.9 Å². The molecule has 1 fully saturated rings. The third-order valence-corrected chi connectivity index (χ3v) is 2.84. The Labute approximate surface area is 86.6 Å². The van der Waals surface area contributed by atoms with Crippen molar-refractivity contribution in [3.63, 3.8) is 0 Å². The van der Waals surface area contributed by atoms with Crippen LogP contribution in [-0.4, -0.2) is 22.6 Å². The standard InChI is InChI=1S/C11H11N3O/c15-11-9-3-1-2-4-10(9)13-7-14(11)8-5-12-6-8/h1-4,7-8,12H,5-6H2. The summed E-state index contributed by atoms with van der Waals surface area (Å²) in [5.41, 5.74) is 0.832. The van der Waals surface area contributed by atoms with Crippen molar-refractivity contribution in [3.8, 4) is 0 Å². The molecule has 0 atom stereocenters. The van der Waals surface area contributed by atoms with E-state index in [2.05, 4.69) is 10.3 Å². The van der Waals surface area contributed by atoms with Crippen LogP contribution in [-0.2, 0) is 0 Å². The molecule has 2 heterocycles. The van der Waals surface area contributed by atoms with Gasteiger partial charge in [0.05, 0.1) is 23.3 Å². The largest absolute Gasteiger partial charge is 0.313 e.